The van der Waals surface area contributed by atoms with Crippen LogP contribution in [-0.4, -0.2) is 51.2 Å². The minimum atomic E-state index is -0.539. The maximum Gasteiger partial charge on any atom is 0.341 e. The molecular weight excluding hydrogens is 539 g/mol. The van der Waals surface area contributed by atoms with Crippen LogP contribution in [0.2, 0.25) is 10.0 Å². The van der Waals surface area contributed by atoms with E-state index in [0.29, 0.717) is 53.1 Å². The molecule has 0 fully saturated rings. The van der Waals surface area contributed by atoms with Crippen molar-refractivity contribution in [3.05, 3.63) is 50.5 Å². The Balaban J connectivity index is 0.000000211. The highest BCUT2D eigenvalue weighted by atomic mass is 35.5. The van der Waals surface area contributed by atoms with E-state index in [0.717, 1.165) is 12.0 Å². The second-order valence-corrected chi connectivity index (χ2v) is 8.94. The number of hydrogen-bond acceptors (Lipinski definition) is 8. The second-order valence-electron chi connectivity index (χ2n) is 8.12. The number of esters is 2. The van der Waals surface area contributed by atoms with Crippen LogP contribution in [-0.2, 0) is 25.5 Å². The van der Waals surface area contributed by atoms with Gasteiger partial charge in [-0.05, 0) is 37.1 Å². The number of carbonyl (C=O) groups excluding carboxylic acids is 4. The van der Waals surface area contributed by atoms with Gasteiger partial charge in [-0.2, -0.15) is 0 Å². The molecule has 0 radical (unpaired) electrons. The molecule has 202 valence electrons. The third kappa shape index (κ3) is 6.38. The van der Waals surface area contributed by atoms with Gasteiger partial charge in [-0.3, -0.25) is 9.59 Å². The summed E-state index contributed by atoms with van der Waals surface area (Å²) in [5.74, 6) is -0.708. The number of amides is 2. The molecule has 0 atom stereocenters. The number of halogens is 2. The first-order chi connectivity index (χ1) is 18.1. The number of methoxy groups -OCH3 is 2. The molecule has 2 heterocycles. The Hall–Kier alpha value is -3.76. The molecule has 4 rings (SSSR count). The molecule has 10 nitrogen and oxygen atoms in total. The van der Waals surface area contributed by atoms with Crippen LogP contribution in [0, 0.1) is 0 Å². The van der Waals surface area contributed by atoms with Crippen molar-refractivity contribution >= 4 is 64.4 Å². The smallest absolute Gasteiger partial charge is 0.341 e. The third-order valence-electron chi connectivity index (χ3n) is 5.44. The van der Waals surface area contributed by atoms with Gasteiger partial charge in [0.15, 0.2) is 0 Å². The maximum absolute atomic E-state index is 11.7. The van der Waals surface area contributed by atoms with Crippen LogP contribution >= 0.6 is 23.2 Å². The zero-order valence-corrected chi connectivity index (χ0v) is 22.7. The zero-order chi connectivity index (χ0) is 28.0. The fraction of sp³-hybridized carbons (Fsp3) is 0.308. The Kier molecular flexibility index (Phi) is 9.60. The summed E-state index contributed by atoms with van der Waals surface area (Å²) in [6.45, 7) is 3.65. The van der Waals surface area contributed by atoms with Crippen molar-refractivity contribution in [2.45, 2.75) is 26.7 Å². The number of rotatable bonds is 4. The molecule has 2 aliphatic heterocycles. The lowest BCUT2D eigenvalue weighted by atomic mass is 9.99. The highest BCUT2D eigenvalue weighted by molar-refractivity contribution is 6.35. The summed E-state index contributed by atoms with van der Waals surface area (Å²) >= 11 is 12.2. The number of hydrogen-bond donors (Lipinski definition) is 2. The standard InChI is InChI=1S/C13H14ClNO4.C13H12ClNO4/c2*1-7(16)15-11-8-4-3-5-19-12(8)9(6-10(11)14)13(17)18-2/h6H,3-5H2,1-2H3,(H,15,16);3-4,6H,5H2,1-2H3,(H,15,16). The van der Waals surface area contributed by atoms with E-state index < -0.39 is 11.9 Å². The number of benzene rings is 2. The first-order valence-electron chi connectivity index (χ1n) is 11.4. The van der Waals surface area contributed by atoms with Crippen molar-refractivity contribution in [1.82, 2.24) is 0 Å². The van der Waals surface area contributed by atoms with E-state index in [-0.39, 0.29) is 28.0 Å². The van der Waals surface area contributed by atoms with Gasteiger partial charge in [0.25, 0.3) is 0 Å². The quantitative estimate of drug-likeness (QED) is 0.501. The summed E-state index contributed by atoms with van der Waals surface area (Å²) in [5.41, 5.74) is 2.77. The van der Waals surface area contributed by atoms with E-state index in [4.69, 9.17) is 37.4 Å². The number of fused-ring (bicyclic) bond motifs is 2. The van der Waals surface area contributed by atoms with Gasteiger partial charge in [0.2, 0.25) is 11.8 Å². The minimum Gasteiger partial charge on any atom is -0.492 e. The summed E-state index contributed by atoms with van der Waals surface area (Å²) < 4.78 is 20.4. The van der Waals surface area contributed by atoms with Crippen LogP contribution in [0.15, 0.2) is 18.2 Å². The van der Waals surface area contributed by atoms with E-state index in [2.05, 4.69) is 15.4 Å². The number of carbonyl (C=O) groups is 4. The summed E-state index contributed by atoms with van der Waals surface area (Å²) in [4.78, 5) is 45.8. The zero-order valence-electron chi connectivity index (χ0n) is 21.2. The lowest BCUT2D eigenvalue weighted by molar-refractivity contribution is -0.115. The van der Waals surface area contributed by atoms with Crippen LogP contribution in [0.4, 0.5) is 11.4 Å². The van der Waals surface area contributed by atoms with E-state index in [1.165, 1.54) is 40.2 Å². The van der Waals surface area contributed by atoms with Gasteiger partial charge in [0, 0.05) is 25.0 Å². The topological polar surface area (TPSA) is 129 Å². The Morgan fingerprint density at radius 2 is 1.39 bits per heavy atom. The highest BCUT2D eigenvalue weighted by Crippen LogP contribution is 2.41. The normalized spacial score (nSPS) is 12.8. The van der Waals surface area contributed by atoms with Crippen LogP contribution in [0.25, 0.3) is 6.08 Å². The van der Waals surface area contributed by atoms with Gasteiger partial charge in [-0.25, -0.2) is 9.59 Å². The Morgan fingerprint density at radius 3 is 1.97 bits per heavy atom. The molecule has 2 aromatic carbocycles. The van der Waals surface area contributed by atoms with Gasteiger partial charge in [0.05, 0.1) is 42.2 Å². The molecule has 0 aromatic heterocycles. The number of anilines is 2. The SMILES string of the molecule is COC(=O)c1cc(Cl)c(NC(C)=O)c2c1OCC=C2.COC(=O)c1cc(Cl)c(NC(C)=O)c2c1OCCC2. The van der Waals surface area contributed by atoms with Crippen molar-refractivity contribution in [2.75, 3.05) is 38.1 Å². The average molecular weight is 565 g/mol. The maximum atomic E-state index is 11.7. The predicted octanol–water partition coefficient (Wildman–Crippen LogP) is 4.90. The highest BCUT2D eigenvalue weighted by Gasteiger charge is 2.26. The molecule has 2 N–H and O–H groups in total. The van der Waals surface area contributed by atoms with Crippen LogP contribution in [0.5, 0.6) is 11.5 Å². The van der Waals surface area contributed by atoms with E-state index in [1.54, 1.807) is 12.2 Å². The van der Waals surface area contributed by atoms with E-state index >= 15 is 0 Å². The Bertz CT molecular complexity index is 1320. The molecule has 0 unspecified atom stereocenters. The average Bonchev–Trinajstić information content (AvgIpc) is 2.90. The lowest BCUT2D eigenvalue weighted by Crippen LogP contribution is -2.17. The molecule has 12 heteroatoms. The predicted molar refractivity (Wildman–Crippen MR) is 143 cm³/mol. The second kappa shape index (κ2) is 12.7. The molecule has 2 amide bonds. The van der Waals surface area contributed by atoms with Crippen molar-refractivity contribution in [1.29, 1.82) is 0 Å². The molecule has 38 heavy (non-hydrogen) atoms. The van der Waals surface area contributed by atoms with Crippen LogP contribution < -0.4 is 20.1 Å². The molecule has 0 bridgehead atoms. The van der Waals surface area contributed by atoms with Crippen LogP contribution in [0.1, 0.15) is 52.1 Å². The fourth-order valence-corrected chi connectivity index (χ4v) is 4.44. The first-order valence-corrected chi connectivity index (χ1v) is 12.2. The summed E-state index contributed by atoms with van der Waals surface area (Å²) in [5, 5.41) is 5.87. The summed E-state index contributed by atoms with van der Waals surface area (Å²) in [6, 6.07) is 2.89. The van der Waals surface area contributed by atoms with Gasteiger partial charge in [-0.15, -0.1) is 0 Å². The molecule has 2 aromatic rings. The van der Waals surface area contributed by atoms with Crippen molar-refractivity contribution in [3.63, 3.8) is 0 Å². The van der Waals surface area contributed by atoms with Gasteiger partial charge >= 0.3 is 11.9 Å². The van der Waals surface area contributed by atoms with Gasteiger partial charge in [0.1, 0.15) is 29.2 Å². The van der Waals surface area contributed by atoms with E-state index in [9.17, 15) is 19.2 Å². The summed E-state index contributed by atoms with van der Waals surface area (Å²) in [6.07, 6.45) is 5.02. The molecular formula is C26H26Cl2N2O8. The Labute approximate surface area is 229 Å². The molecule has 0 saturated heterocycles. The van der Waals surface area contributed by atoms with Crippen molar-refractivity contribution in [3.8, 4) is 11.5 Å². The lowest BCUT2D eigenvalue weighted by Gasteiger charge is -2.23. The monoisotopic (exact) mass is 564 g/mol. The number of ether oxygens (including phenoxy) is 4. The number of nitrogens with one attached hydrogen (secondary N) is 2. The van der Waals surface area contributed by atoms with Crippen LogP contribution in [0.3, 0.4) is 0 Å². The summed E-state index contributed by atoms with van der Waals surface area (Å²) in [7, 11) is 2.58. The van der Waals surface area contributed by atoms with Gasteiger partial charge in [-0.1, -0.05) is 23.2 Å². The third-order valence-corrected chi connectivity index (χ3v) is 6.03. The molecule has 0 spiro atoms. The van der Waals surface area contributed by atoms with Crippen molar-refractivity contribution < 1.29 is 38.1 Å². The van der Waals surface area contributed by atoms with Crippen molar-refractivity contribution in [2.24, 2.45) is 0 Å². The van der Waals surface area contributed by atoms with Gasteiger partial charge < -0.3 is 29.6 Å². The Morgan fingerprint density at radius 1 is 0.842 bits per heavy atom. The molecule has 2 aliphatic rings. The molecule has 0 saturated carbocycles. The van der Waals surface area contributed by atoms with E-state index in [1.807, 2.05) is 0 Å². The minimum absolute atomic E-state index is 0.222. The first kappa shape index (κ1) is 28.8. The molecule has 0 aliphatic carbocycles. The largest absolute Gasteiger partial charge is 0.492 e. The fourth-order valence-electron chi connectivity index (χ4n) is 3.91.